The summed E-state index contributed by atoms with van der Waals surface area (Å²) in [5.41, 5.74) is 1.83. The van der Waals surface area contributed by atoms with Gasteiger partial charge in [-0.1, -0.05) is 19.1 Å². The first kappa shape index (κ1) is 17.4. The van der Waals surface area contributed by atoms with Gasteiger partial charge >= 0.3 is 5.97 Å². The van der Waals surface area contributed by atoms with E-state index in [1.54, 1.807) is 31.2 Å². The summed E-state index contributed by atoms with van der Waals surface area (Å²) >= 11 is 0. The predicted octanol–water partition coefficient (Wildman–Crippen LogP) is 3.65. The van der Waals surface area contributed by atoms with Crippen molar-refractivity contribution in [2.45, 2.75) is 26.3 Å². The number of benzene rings is 1. The second kappa shape index (κ2) is 7.54. The van der Waals surface area contributed by atoms with E-state index < -0.39 is 10.9 Å². The lowest BCUT2D eigenvalue weighted by Gasteiger charge is -2.18. The Morgan fingerprint density at radius 1 is 1.38 bits per heavy atom. The number of rotatable bonds is 6. The number of carbonyl (C=O) groups is 1. The number of nitro groups is 1. The quantitative estimate of drug-likeness (QED) is 0.494. The minimum absolute atomic E-state index is 0.0536. The SMILES string of the molecule is CCC(Nc1ccc(C(=O)OC)c(C)n1)c1cccc([N+](=O)[O-])c1. The molecule has 0 bridgehead atoms. The molecule has 0 saturated carbocycles. The zero-order valence-corrected chi connectivity index (χ0v) is 13.8. The van der Waals surface area contributed by atoms with Crippen molar-refractivity contribution in [2.24, 2.45) is 0 Å². The Balaban J connectivity index is 2.24. The first-order valence-corrected chi connectivity index (χ1v) is 7.53. The Kier molecular flexibility index (Phi) is 5.47. The highest BCUT2D eigenvalue weighted by molar-refractivity contribution is 5.90. The fourth-order valence-electron chi connectivity index (χ4n) is 2.42. The van der Waals surface area contributed by atoms with Crippen LogP contribution >= 0.6 is 0 Å². The van der Waals surface area contributed by atoms with Crippen molar-refractivity contribution in [1.29, 1.82) is 0 Å². The molecule has 7 nitrogen and oxygen atoms in total. The van der Waals surface area contributed by atoms with Crippen molar-refractivity contribution in [3.63, 3.8) is 0 Å². The molecule has 126 valence electrons. The van der Waals surface area contributed by atoms with Crippen molar-refractivity contribution in [2.75, 3.05) is 12.4 Å². The molecule has 0 spiro atoms. The number of hydrogen-bond donors (Lipinski definition) is 1. The van der Waals surface area contributed by atoms with Crippen LogP contribution in [0.15, 0.2) is 36.4 Å². The van der Waals surface area contributed by atoms with Gasteiger partial charge in [-0.2, -0.15) is 0 Å². The van der Waals surface area contributed by atoms with E-state index in [4.69, 9.17) is 4.74 Å². The van der Waals surface area contributed by atoms with Gasteiger partial charge in [0, 0.05) is 12.1 Å². The number of non-ortho nitro benzene ring substituents is 1. The summed E-state index contributed by atoms with van der Waals surface area (Å²) in [5.74, 6) is 0.163. The number of hydrogen-bond acceptors (Lipinski definition) is 6. The van der Waals surface area contributed by atoms with Gasteiger partial charge in [0.05, 0.1) is 29.3 Å². The van der Waals surface area contributed by atoms with Crippen LogP contribution in [-0.2, 0) is 4.74 Å². The number of aromatic nitrogens is 1. The predicted molar refractivity (Wildman–Crippen MR) is 90.1 cm³/mol. The molecule has 1 N–H and O–H groups in total. The van der Waals surface area contributed by atoms with Crippen LogP contribution in [-0.4, -0.2) is 23.0 Å². The minimum atomic E-state index is -0.433. The van der Waals surface area contributed by atoms with Gasteiger partial charge in [0.2, 0.25) is 0 Å². The van der Waals surface area contributed by atoms with Gasteiger partial charge in [-0.25, -0.2) is 9.78 Å². The highest BCUT2D eigenvalue weighted by atomic mass is 16.6. The monoisotopic (exact) mass is 329 g/mol. The smallest absolute Gasteiger partial charge is 0.339 e. The molecule has 0 radical (unpaired) electrons. The number of carbonyl (C=O) groups excluding carboxylic acids is 1. The number of aryl methyl sites for hydroxylation is 1. The Morgan fingerprint density at radius 3 is 2.71 bits per heavy atom. The molecule has 0 aliphatic heterocycles. The van der Waals surface area contributed by atoms with Crippen LogP contribution in [0.5, 0.6) is 0 Å². The molecule has 1 atom stereocenters. The molecule has 1 heterocycles. The average molecular weight is 329 g/mol. The van der Waals surface area contributed by atoms with E-state index >= 15 is 0 Å². The molecule has 0 aliphatic carbocycles. The molecule has 1 aromatic carbocycles. The van der Waals surface area contributed by atoms with Crippen molar-refractivity contribution in [3.05, 3.63) is 63.3 Å². The molecule has 0 aliphatic rings. The van der Waals surface area contributed by atoms with E-state index in [0.29, 0.717) is 17.1 Å². The van der Waals surface area contributed by atoms with Crippen molar-refractivity contribution >= 4 is 17.5 Å². The molecule has 1 unspecified atom stereocenters. The van der Waals surface area contributed by atoms with Crippen LogP contribution in [0, 0.1) is 17.0 Å². The fourth-order valence-corrected chi connectivity index (χ4v) is 2.42. The highest BCUT2D eigenvalue weighted by Gasteiger charge is 2.15. The number of ether oxygens (including phenoxy) is 1. The Bertz CT molecular complexity index is 761. The zero-order valence-electron chi connectivity index (χ0n) is 13.8. The van der Waals surface area contributed by atoms with Gasteiger partial charge in [0.15, 0.2) is 0 Å². The van der Waals surface area contributed by atoms with Crippen LogP contribution in [0.25, 0.3) is 0 Å². The Hall–Kier alpha value is -2.96. The summed E-state index contributed by atoms with van der Waals surface area (Å²) in [4.78, 5) is 26.5. The third-order valence-electron chi connectivity index (χ3n) is 3.70. The third-order valence-corrected chi connectivity index (χ3v) is 3.70. The van der Waals surface area contributed by atoms with Crippen molar-refractivity contribution in [3.8, 4) is 0 Å². The second-order valence-electron chi connectivity index (χ2n) is 5.28. The molecular formula is C17H19N3O4. The lowest BCUT2D eigenvalue weighted by atomic mass is 10.0. The van der Waals surface area contributed by atoms with Gasteiger partial charge in [-0.05, 0) is 31.0 Å². The van der Waals surface area contributed by atoms with Crippen LogP contribution in [0.4, 0.5) is 11.5 Å². The average Bonchev–Trinajstić information content (AvgIpc) is 2.59. The van der Waals surface area contributed by atoms with Crippen LogP contribution in [0.3, 0.4) is 0 Å². The lowest BCUT2D eigenvalue weighted by molar-refractivity contribution is -0.384. The van der Waals surface area contributed by atoms with Gasteiger partial charge in [0.25, 0.3) is 5.69 Å². The first-order chi connectivity index (χ1) is 11.5. The topological polar surface area (TPSA) is 94.4 Å². The molecule has 0 fully saturated rings. The maximum Gasteiger partial charge on any atom is 0.339 e. The minimum Gasteiger partial charge on any atom is -0.465 e. The molecule has 0 amide bonds. The van der Waals surface area contributed by atoms with Crippen LogP contribution < -0.4 is 5.32 Å². The largest absolute Gasteiger partial charge is 0.465 e. The molecule has 2 rings (SSSR count). The fraction of sp³-hybridized carbons (Fsp3) is 0.294. The van der Waals surface area contributed by atoms with E-state index in [-0.39, 0.29) is 11.7 Å². The molecule has 7 heteroatoms. The number of esters is 1. The number of nitrogens with one attached hydrogen (secondary N) is 1. The number of nitrogens with zero attached hydrogens (tertiary/aromatic N) is 2. The molecule has 2 aromatic rings. The lowest BCUT2D eigenvalue weighted by Crippen LogP contribution is -2.13. The molecule has 1 aromatic heterocycles. The summed E-state index contributed by atoms with van der Waals surface area (Å²) in [6, 6.07) is 9.73. The Morgan fingerprint density at radius 2 is 2.12 bits per heavy atom. The van der Waals surface area contributed by atoms with Gasteiger partial charge in [0.1, 0.15) is 5.82 Å². The number of anilines is 1. The summed E-state index contributed by atoms with van der Waals surface area (Å²) in [5, 5.41) is 14.2. The highest BCUT2D eigenvalue weighted by Crippen LogP contribution is 2.25. The summed E-state index contributed by atoms with van der Waals surface area (Å²) in [6.45, 7) is 3.71. The molecular weight excluding hydrogens is 310 g/mol. The first-order valence-electron chi connectivity index (χ1n) is 7.53. The third kappa shape index (κ3) is 3.87. The van der Waals surface area contributed by atoms with E-state index in [9.17, 15) is 14.9 Å². The molecule has 24 heavy (non-hydrogen) atoms. The summed E-state index contributed by atoms with van der Waals surface area (Å²) in [6.07, 6.45) is 0.723. The number of methoxy groups -OCH3 is 1. The van der Waals surface area contributed by atoms with Crippen molar-refractivity contribution < 1.29 is 14.5 Å². The number of pyridine rings is 1. The summed E-state index contributed by atoms with van der Waals surface area (Å²) < 4.78 is 4.70. The van der Waals surface area contributed by atoms with Crippen LogP contribution in [0.2, 0.25) is 0 Å². The zero-order chi connectivity index (χ0) is 17.7. The van der Waals surface area contributed by atoms with Crippen molar-refractivity contribution in [1.82, 2.24) is 4.98 Å². The van der Waals surface area contributed by atoms with Crippen LogP contribution in [0.1, 0.15) is 41.0 Å². The van der Waals surface area contributed by atoms with Gasteiger partial charge < -0.3 is 10.1 Å². The van der Waals surface area contributed by atoms with Gasteiger partial charge in [-0.3, -0.25) is 10.1 Å². The van der Waals surface area contributed by atoms with E-state index in [1.807, 2.05) is 13.0 Å². The van der Waals surface area contributed by atoms with E-state index in [1.165, 1.54) is 13.2 Å². The van der Waals surface area contributed by atoms with E-state index in [2.05, 4.69) is 10.3 Å². The van der Waals surface area contributed by atoms with E-state index in [0.717, 1.165) is 12.0 Å². The second-order valence-corrected chi connectivity index (χ2v) is 5.28. The van der Waals surface area contributed by atoms with Gasteiger partial charge in [-0.15, -0.1) is 0 Å². The normalized spacial score (nSPS) is 11.6. The standard InChI is InChI=1S/C17H19N3O4/c1-4-15(12-6-5-7-13(10-12)20(22)23)19-16-9-8-14(11(2)18-16)17(21)24-3/h5-10,15H,4H2,1-3H3,(H,18,19). The molecule has 0 saturated heterocycles. The Labute approximate surface area is 139 Å². The maximum atomic E-state index is 11.6. The summed E-state index contributed by atoms with van der Waals surface area (Å²) in [7, 11) is 1.32. The maximum absolute atomic E-state index is 11.6. The number of nitro benzene ring substituents is 1.